The van der Waals surface area contributed by atoms with Crippen LogP contribution in [-0.2, 0) is 4.74 Å². The zero-order valence-corrected chi connectivity index (χ0v) is 17.7. The van der Waals surface area contributed by atoms with E-state index in [1.807, 2.05) is 22.8 Å². The summed E-state index contributed by atoms with van der Waals surface area (Å²) in [6.45, 7) is 5.04. The molecule has 6 nitrogen and oxygen atoms in total. The van der Waals surface area contributed by atoms with E-state index in [0.717, 1.165) is 49.3 Å². The van der Waals surface area contributed by atoms with Gasteiger partial charge in [-0.2, -0.15) is 0 Å². The van der Waals surface area contributed by atoms with Crippen LogP contribution < -0.4 is 10.4 Å². The SMILES string of the molecule is CCOC1CCC(N2CCC(n3c(=O)[nH]c4ccc(OC)cc43)CC2)CC1.Cl. The first-order valence-corrected chi connectivity index (χ1v) is 10.3. The lowest BCUT2D eigenvalue weighted by atomic mass is 9.90. The first kappa shape index (κ1) is 21.2. The van der Waals surface area contributed by atoms with Crippen LogP contribution in [0.25, 0.3) is 11.0 Å². The summed E-state index contributed by atoms with van der Waals surface area (Å²) in [5, 5.41) is 0. The van der Waals surface area contributed by atoms with Gasteiger partial charge in [-0.15, -0.1) is 12.4 Å². The number of likely N-dealkylation sites (tertiary alicyclic amines) is 1. The van der Waals surface area contributed by atoms with Crippen LogP contribution in [0.2, 0.25) is 0 Å². The first-order valence-electron chi connectivity index (χ1n) is 10.3. The average Bonchev–Trinajstić information content (AvgIpc) is 3.04. The molecule has 0 spiro atoms. The molecule has 2 aromatic rings. The molecule has 1 saturated carbocycles. The van der Waals surface area contributed by atoms with Crippen molar-refractivity contribution in [3.8, 4) is 5.75 Å². The third-order valence-corrected chi connectivity index (χ3v) is 6.35. The van der Waals surface area contributed by atoms with E-state index < -0.39 is 0 Å². The van der Waals surface area contributed by atoms with E-state index in [2.05, 4.69) is 16.8 Å². The fourth-order valence-electron chi connectivity index (χ4n) is 4.91. The maximum Gasteiger partial charge on any atom is 0.326 e. The Morgan fingerprint density at radius 2 is 1.79 bits per heavy atom. The zero-order chi connectivity index (χ0) is 18.8. The molecule has 2 aliphatic rings. The van der Waals surface area contributed by atoms with Crippen molar-refractivity contribution in [1.29, 1.82) is 0 Å². The van der Waals surface area contributed by atoms with Gasteiger partial charge in [0.2, 0.25) is 0 Å². The minimum atomic E-state index is -0.00562. The van der Waals surface area contributed by atoms with Gasteiger partial charge in [0.25, 0.3) is 0 Å². The fraction of sp³-hybridized carbons (Fsp3) is 0.667. The summed E-state index contributed by atoms with van der Waals surface area (Å²) < 4.78 is 13.1. The van der Waals surface area contributed by atoms with E-state index in [1.165, 1.54) is 25.7 Å². The molecule has 0 atom stereocenters. The van der Waals surface area contributed by atoms with Gasteiger partial charge in [0.05, 0.1) is 24.2 Å². The van der Waals surface area contributed by atoms with Gasteiger partial charge in [-0.05, 0) is 57.6 Å². The van der Waals surface area contributed by atoms with E-state index in [0.29, 0.717) is 12.1 Å². The molecule has 1 aromatic heterocycles. The first-order chi connectivity index (χ1) is 13.2. The van der Waals surface area contributed by atoms with Gasteiger partial charge in [0.15, 0.2) is 0 Å². The third kappa shape index (κ3) is 4.24. The predicted molar refractivity (Wildman–Crippen MR) is 114 cm³/mol. The molecule has 0 bridgehead atoms. The summed E-state index contributed by atoms with van der Waals surface area (Å²) in [5.74, 6) is 0.791. The number of hydrogen-bond acceptors (Lipinski definition) is 4. The smallest absolute Gasteiger partial charge is 0.326 e. The molecular formula is C21H32ClN3O3. The number of methoxy groups -OCH3 is 1. The molecule has 2 fully saturated rings. The second-order valence-corrected chi connectivity index (χ2v) is 7.84. The minimum Gasteiger partial charge on any atom is -0.497 e. The van der Waals surface area contributed by atoms with E-state index in [9.17, 15) is 4.79 Å². The Morgan fingerprint density at radius 1 is 1.07 bits per heavy atom. The Hall–Kier alpha value is -1.50. The van der Waals surface area contributed by atoms with Crippen molar-refractivity contribution < 1.29 is 9.47 Å². The Kier molecular flexibility index (Phi) is 7.07. The highest BCUT2D eigenvalue weighted by molar-refractivity contribution is 5.85. The van der Waals surface area contributed by atoms with Crippen LogP contribution >= 0.6 is 12.4 Å². The summed E-state index contributed by atoms with van der Waals surface area (Å²) in [7, 11) is 1.66. The number of imidazole rings is 1. The lowest BCUT2D eigenvalue weighted by molar-refractivity contribution is 0.00796. The van der Waals surface area contributed by atoms with Gasteiger partial charge in [0.1, 0.15) is 5.75 Å². The Morgan fingerprint density at radius 3 is 2.43 bits per heavy atom. The molecule has 2 heterocycles. The van der Waals surface area contributed by atoms with Crippen molar-refractivity contribution in [3.63, 3.8) is 0 Å². The maximum atomic E-state index is 12.6. The Balaban J connectivity index is 0.00000225. The molecule has 1 N–H and O–H groups in total. The number of rotatable bonds is 5. The number of nitrogens with one attached hydrogen (secondary N) is 1. The highest BCUT2D eigenvalue weighted by Gasteiger charge is 2.30. The van der Waals surface area contributed by atoms with Crippen molar-refractivity contribution in [1.82, 2.24) is 14.5 Å². The van der Waals surface area contributed by atoms with Crippen molar-refractivity contribution in [2.45, 2.75) is 63.6 Å². The van der Waals surface area contributed by atoms with Crippen molar-refractivity contribution in [2.24, 2.45) is 0 Å². The molecule has 0 radical (unpaired) electrons. The summed E-state index contributed by atoms with van der Waals surface area (Å²) in [4.78, 5) is 18.2. The number of ether oxygens (including phenoxy) is 2. The Labute approximate surface area is 172 Å². The molecule has 1 saturated heterocycles. The molecule has 156 valence electrons. The van der Waals surface area contributed by atoms with E-state index in [1.54, 1.807) is 7.11 Å². The number of halogens is 1. The van der Waals surface area contributed by atoms with Gasteiger partial charge >= 0.3 is 5.69 Å². The number of benzene rings is 1. The van der Waals surface area contributed by atoms with E-state index >= 15 is 0 Å². The second-order valence-electron chi connectivity index (χ2n) is 7.84. The quantitative estimate of drug-likeness (QED) is 0.817. The number of fused-ring (bicyclic) bond motifs is 1. The van der Waals surface area contributed by atoms with Gasteiger partial charge in [0, 0.05) is 37.8 Å². The highest BCUT2D eigenvalue weighted by Crippen LogP contribution is 2.31. The molecule has 1 aliphatic heterocycles. The van der Waals surface area contributed by atoms with Gasteiger partial charge in [-0.1, -0.05) is 0 Å². The van der Waals surface area contributed by atoms with Crippen LogP contribution in [0.3, 0.4) is 0 Å². The van der Waals surface area contributed by atoms with Crippen molar-refractivity contribution in [2.75, 3.05) is 26.8 Å². The Bertz CT molecular complexity index is 818. The monoisotopic (exact) mass is 409 g/mol. The standard InChI is InChI=1S/C21H31N3O3.ClH/c1-3-27-17-6-4-15(5-7-17)23-12-10-16(11-13-23)24-20-14-18(26-2)8-9-19(20)22-21(24)25;/h8-9,14-17H,3-7,10-13H2,1-2H3,(H,22,25);1H. The van der Waals surface area contributed by atoms with Crippen LogP contribution in [0.5, 0.6) is 5.75 Å². The third-order valence-electron chi connectivity index (χ3n) is 6.35. The topological polar surface area (TPSA) is 59.5 Å². The van der Waals surface area contributed by atoms with Crippen LogP contribution in [-0.4, -0.2) is 53.4 Å². The number of hydrogen-bond donors (Lipinski definition) is 1. The average molecular weight is 410 g/mol. The molecule has 28 heavy (non-hydrogen) atoms. The number of nitrogens with zero attached hydrogens (tertiary/aromatic N) is 2. The molecule has 4 rings (SSSR count). The molecule has 7 heteroatoms. The van der Waals surface area contributed by atoms with Crippen LogP contribution in [0, 0.1) is 0 Å². The lowest BCUT2D eigenvalue weighted by Crippen LogP contribution is -2.45. The highest BCUT2D eigenvalue weighted by atomic mass is 35.5. The van der Waals surface area contributed by atoms with E-state index in [4.69, 9.17) is 9.47 Å². The molecule has 1 aromatic carbocycles. The molecule has 0 unspecified atom stereocenters. The lowest BCUT2D eigenvalue weighted by Gasteiger charge is -2.40. The van der Waals surface area contributed by atoms with Crippen molar-refractivity contribution in [3.05, 3.63) is 28.7 Å². The normalized spacial score (nSPS) is 24.2. The maximum absolute atomic E-state index is 12.6. The number of aromatic amines is 1. The fourth-order valence-corrected chi connectivity index (χ4v) is 4.91. The predicted octanol–water partition coefficient (Wildman–Crippen LogP) is 3.74. The van der Waals surface area contributed by atoms with E-state index in [-0.39, 0.29) is 24.1 Å². The number of piperidine rings is 1. The summed E-state index contributed by atoms with van der Waals surface area (Å²) in [6, 6.07) is 6.73. The summed E-state index contributed by atoms with van der Waals surface area (Å²) >= 11 is 0. The number of aromatic nitrogens is 2. The molecule has 0 amide bonds. The second kappa shape index (κ2) is 9.33. The minimum absolute atomic E-state index is 0. The molecule has 1 aliphatic carbocycles. The van der Waals surface area contributed by atoms with Gasteiger partial charge in [-0.3, -0.25) is 4.57 Å². The molecular weight excluding hydrogens is 378 g/mol. The van der Waals surface area contributed by atoms with Crippen molar-refractivity contribution >= 4 is 23.4 Å². The summed E-state index contributed by atoms with van der Waals surface area (Å²) in [5.41, 5.74) is 1.83. The van der Waals surface area contributed by atoms with Crippen LogP contribution in [0.4, 0.5) is 0 Å². The zero-order valence-electron chi connectivity index (χ0n) is 16.9. The van der Waals surface area contributed by atoms with Crippen LogP contribution in [0.15, 0.2) is 23.0 Å². The number of H-pyrrole nitrogens is 1. The summed E-state index contributed by atoms with van der Waals surface area (Å²) in [6.07, 6.45) is 7.34. The largest absolute Gasteiger partial charge is 0.497 e. The van der Waals surface area contributed by atoms with Gasteiger partial charge in [-0.25, -0.2) is 4.79 Å². The van der Waals surface area contributed by atoms with Gasteiger partial charge < -0.3 is 19.4 Å². The van der Waals surface area contributed by atoms with Crippen LogP contribution in [0.1, 0.15) is 51.5 Å².